The molecule has 0 spiro atoms. The smallest absolute Gasteiger partial charge is 0.311 e. The second-order valence-electron chi connectivity index (χ2n) is 12.0. The number of esters is 1. The van der Waals surface area contributed by atoms with Crippen LogP contribution >= 0.6 is 0 Å². The maximum atomic E-state index is 13.3. The molecular formula is C27H44N2O3. The number of carbonyl (C=O) groups excluding carboxylic acids is 1. The Balaban J connectivity index is 1.77. The van der Waals surface area contributed by atoms with Gasteiger partial charge in [-0.1, -0.05) is 30.3 Å². The number of rotatable bonds is 6. The van der Waals surface area contributed by atoms with Crippen LogP contribution in [0, 0.1) is 11.8 Å². The highest BCUT2D eigenvalue weighted by Crippen LogP contribution is 2.40. The number of carbonyl (C=O) groups is 1. The molecule has 1 aromatic rings. The number of hydroxylamine groups is 2. The van der Waals surface area contributed by atoms with E-state index in [1.165, 1.54) is 12.0 Å². The van der Waals surface area contributed by atoms with Gasteiger partial charge < -0.3 is 4.74 Å². The predicted octanol–water partition coefficient (Wildman–Crippen LogP) is 5.44. The number of likely N-dealkylation sites (tertiary alicyclic amines) is 1. The van der Waals surface area contributed by atoms with Crippen molar-refractivity contribution in [1.82, 2.24) is 9.96 Å². The zero-order valence-corrected chi connectivity index (χ0v) is 21.5. The van der Waals surface area contributed by atoms with Crippen molar-refractivity contribution in [3.8, 4) is 0 Å². The maximum Gasteiger partial charge on any atom is 0.311 e. The molecule has 0 amide bonds. The number of hydrogen-bond donors (Lipinski definition) is 0. The highest BCUT2D eigenvalue weighted by molar-refractivity contribution is 5.74. The van der Waals surface area contributed by atoms with Crippen LogP contribution in [-0.4, -0.2) is 51.8 Å². The Kier molecular flexibility index (Phi) is 7.43. The van der Waals surface area contributed by atoms with Crippen molar-refractivity contribution in [2.24, 2.45) is 11.8 Å². The van der Waals surface area contributed by atoms with Crippen LogP contribution in [0.2, 0.25) is 0 Å². The third-order valence-electron chi connectivity index (χ3n) is 7.07. The van der Waals surface area contributed by atoms with Gasteiger partial charge in [0.05, 0.1) is 12.5 Å². The Labute approximate surface area is 195 Å². The Morgan fingerprint density at radius 1 is 1.06 bits per heavy atom. The molecule has 0 radical (unpaired) electrons. The Morgan fingerprint density at radius 3 is 2.22 bits per heavy atom. The summed E-state index contributed by atoms with van der Waals surface area (Å²) >= 11 is 0. The fourth-order valence-electron chi connectivity index (χ4n) is 5.64. The lowest BCUT2D eigenvalue weighted by Crippen LogP contribution is -2.58. The van der Waals surface area contributed by atoms with Crippen molar-refractivity contribution in [1.29, 1.82) is 0 Å². The van der Waals surface area contributed by atoms with Gasteiger partial charge in [-0.05, 0) is 80.2 Å². The van der Waals surface area contributed by atoms with Gasteiger partial charge in [0.15, 0.2) is 0 Å². The molecule has 2 saturated heterocycles. The van der Waals surface area contributed by atoms with E-state index in [-0.39, 0.29) is 34.9 Å². The van der Waals surface area contributed by atoms with Crippen LogP contribution in [0.15, 0.2) is 30.3 Å². The fourth-order valence-corrected chi connectivity index (χ4v) is 5.64. The van der Waals surface area contributed by atoms with Crippen molar-refractivity contribution >= 4 is 5.97 Å². The first-order valence-electron chi connectivity index (χ1n) is 12.2. The van der Waals surface area contributed by atoms with Gasteiger partial charge in [0.25, 0.3) is 0 Å². The van der Waals surface area contributed by atoms with Crippen LogP contribution in [0.1, 0.15) is 80.2 Å². The first-order valence-corrected chi connectivity index (χ1v) is 12.2. The molecule has 0 unspecified atom stereocenters. The second kappa shape index (κ2) is 9.44. The summed E-state index contributed by atoms with van der Waals surface area (Å²) in [5.74, 6) is -0.211. The number of piperidine rings is 1. The van der Waals surface area contributed by atoms with E-state index in [9.17, 15) is 4.79 Å². The second-order valence-corrected chi connectivity index (χ2v) is 12.0. The molecule has 2 aliphatic heterocycles. The number of benzene rings is 1. The summed E-state index contributed by atoms with van der Waals surface area (Å²) in [4.78, 5) is 22.2. The zero-order chi connectivity index (χ0) is 23.7. The average molecular weight is 445 g/mol. The molecular weight excluding hydrogens is 400 g/mol. The summed E-state index contributed by atoms with van der Waals surface area (Å²) in [7, 11) is 0. The molecule has 0 aliphatic carbocycles. The third kappa shape index (κ3) is 5.92. The first-order chi connectivity index (χ1) is 14.8. The van der Waals surface area contributed by atoms with Crippen molar-refractivity contribution in [3.05, 3.63) is 35.9 Å². The van der Waals surface area contributed by atoms with E-state index in [4.69, 9.17) is 9.57 Å². The molecule has 32 heavy (non-hydrogen) atoms. The van der Waals surface area contributed by atoms with Crippen molar-refractivity contribution in [3.63, 3.8) is 0 Å². The van der Waals surface area contributed by atoms with Crippen molar-refractivity contribution in [2.45, 2.75) is 104 Å². The monoisotopic (exact) mass is 444 g/mol. The minimum Gasteiger partial charge on any atom is -0.460 e. The van der Waals surface area contributed by atoms with E-state index in [0.717, 1.165) is 25.9 Å². The van der Waals surface area contributed by atoms with E-state index in [0.29, 0.717) is 6.61 Å². The molecule has 5 heteroatoms. The van der Waals surface area contributed by atoms with Gasteiger partial charge in [0.1, 0.15) is 5.60 Å². The topological polar surface area (TPSA) is 42.0 Å². The van der Waals surface area contributed by atoms with Gasteiger partial charge in [-0.2, -0.15) is 5.06 Å². The molecule has 2 heterocycles. The van der Waals surface area contributed by atoms with E-state index in [1.54, 1.807) is 0 Å². The largest absolute Gasteiger partial charge is 0.460 e. The van der Waals surface area contributed by atoms with Gasteiger partial charge in [-0.15, -0.1) is 0 Å². The SMILES string of the molecule is C[C@H]1[C@H](C(=O)OC(C)(C)C)[C@@H](CON2C(C)(C)CCCC2(C)C)CN1Cc1ccccc1. The molecule has 3 atom stereocenters. The van der Waals surface area contributed by atoms with Crippen LogP contribution in [0.4, 0.5) is 0 Å². The average Bonchev–Trinajstić information content (AvgIpc) is 2.95. The van der Waals surface area contributed by atoms with Crippen molar-refractivity contribution in [2.75, 3.05) is 13.2 Å². The molecule has 0 bridgehead atoms. The van der Waals surface area contributed by atoms with Gasteiger partial charge in [-0.3, -0.25) is 14.5 Å². The number of ether oxygens (including phenoxy) is 1. The third-order valence-corrected chi connectivity index (χ3v) is 7.07. The van der Waals surface area contributed by atoms with Gasteiger partial charge in [0.2, 0.25) is 0 Å². The summed E-state index contributed by atoms with van der Waals surface area (Å²) in [5, 5.41) is 2.21. The minimum atomic E-state index is -0.494. The van der Waals surface area contributed by atoms with Crippen LogP contribution in [0.3, 0.4) is 0 Å². The van der Waals surface area contributed by atoms with E-state index >= 15 is 0 Å². The van der Waals surface area contributed by atoms with Gasteiger partial charge >= 0.3 is 5.97 Å². The lowest BCUT2D eigenvalue weighted by molar-refractivity contribution is -0.287. The van der Waals surface area contributed by atoms with Crippen LogP contribution in [0.5, 0.6) is 0 Å². The molecule has 1 aromatic carbocycles. The Morgan fingerprint density at radius 2 is 1.66 bits per heavy atom. The standard InChI is InChI=1S/C27H44N2O3/c1-20-23(24(30)32-25(2,3)4)22(18-28(20)17-21-13-10-9-11-14-21)19-31-29-26(5,6)15-12-16-27(29,7)8/h9-11,13-14,20,22-23H,12,15-19H2,1-8H3/t20-,22+,23-/m0/s1. The molecule has 0 aromatic heterocycles. The van der Waals surface area contributed by atoms with Gasteiger partial charge in [-0.25, -0.2) is 0 Å². The summed E-state index contributed by atoms with van der Waals surface area (Å²) in [6, 6.07) is 10.6. The lowest BCUT2D eigenvalue weighted by atomic mass is 9.82. The highest BCUT2D eigenvalue weighted by Gasteiger charge is 2.47. The van der Waals surface area contributed by atoms with Gasteiger partial charge in [0, 0.05) is 36.1 Å². The molecule has 0 N–H and O–H groups in total. The van der Waals surface area contributed by atoms with E-state index < -0.39 is 5.60 Å². The molecule has 0 saturated carbocycles. The summed E-state index contributed by atoms with van der Waals surface area (Å²) in [6.07, 6.45) is 3.45. The van der Waals surface area contributed by atoms with E-state index in [1.807, 2.05) is 26.8 Å². The highest BCUT2D eigenvalue weighted by atomic mass is 16.7. The maximum absolute atomic E-state index is 13.3. The summed E-state index contributed by atoms with van der Waals surface area (Å²) in [5.41, 5.74) is 0.738. The molecule has 2 fully saturated rings. The van der Waals surface area contributed by atoms with E-state index in [2.05, 4.69) is 68.8 Å². The molecule has 2 aliphatic rings. The lowest BCUT2D eigenvalue weighted by Gasteiger charge is -2.51. The molecule has 3 rings (SSSR count). The van der Waals surface area contributed by atoms with Crippen molar-refractivity contribution < 1.29 is 14.4 Å². The first kappa shape index (κ1) is 25.2. The predicted molar refractivity (Wildman–Crippen MR) is 129 cm³/mol. The Hall–Kier alpha value is -1.43. The number of nitrogens with zero attached hydrogens (tertiary/aromatic N) is 2. The van der Waals surface area contributed by atoms with Crippen LogP contribution < -0.4 is 0 Å². The normalized spacial score (nSPS) is 28.6. The quantitative estimate of drug-likeness (QED) is 0.547. The summed E-state index contributed by atoms with van der Waals surface area (Å²) in [6.45, 7) is 19.2. The zero-order valence-electron chi connectivity index (χ0n) is 21.5. The minimum absolute atomic E-state index is 0.0168. The van der Waals surface area contributed by atoms with Crippen LogP contribution in [-0.2, 0) is 20.9 Å². The molecule has 180 valence electrons. The fraction of sp³-hybridized carbons (Fsp3) is 0.741. The number of hydrogen-bond acceptors (Lipinski definition) is 5. The summed E-state index contributed by atoms with van der Waals surface area (Å²) < 4.78 is 5.86. The molecule has 5 nitrogen and oxygen atoms in total. The van der Waals surface area contributed by atoms with Crippen LogP contribution in [0.25, 0.3) is 0 Å². The Bertz CT molecular complexity index is 753.